The number of amides is 1. The number of pyridine rings is 1. The normalized spacial score (nSPS) is 10.4. The summed E-state index contributed by atoms with van der Waals surface area (Å²) >= 11 is 7.35. The van der Waals surface area contributed by atoms with Gasteiger partial charge in [0.2, 0.25) is 0 Å². The molecular formula is C21H18ClFN2O3S. The molecular weight excluding hydrogens is 415 g/mol. The number of carbonyl (C=O) groups excluding carboxylic acids is 1. The first-order chi connectivity index (χ1) is 14.0. The Morgan fingerprint density at radius 3 is 2.55 bits per heavy atom. The van der Waals surface area contributed by atoms with Gasteiger partial charge in [0.05, 0.1) is 19.0 Å². The lowest BCUT2D eigenvalue weighted by atomic mass is 10.3. The fraction of sp³-hybridized carbons (Fsp3) is 0.143. The van der Waals surface area contributed by atoms with Crippen LogP contribution in [0.15, 0.2) is 65.7 Å². The molecule has 0 unspecified atom stereocenters. The molecule has 2 aromatic carbocycles. The lowest BCUT2D eigenvalue weighted by Gasteiger charge is -2.12. The number of hydrogen-bond donors (Lipinski definition) is 1. The second-order valence-corrected chi connectivity index (χ2v) is 7.40. The highest BCUT2D eigenvalue weighted by Gasteiger charge is 2.11. The van der Waals surface area contributed by atoms with Crippen LogP contribution in [0.1, 0.15) is 5.69 Å². The van der Waals surface area contributed by atoms with Gasteiger partial charge >= 0.3 is 0 Å². The maximum atomic E-state index is 13.0. The summed E-state index contributed by atoms with van der Waals surface area (Å²) in [6.07, 6.45) is 1.55. The Hall–Kier alpha value is -2.77. The van der Waals surface area contributed by atoms with E-state index in [1.807, 2.05) is 0 Å². The lowest BCUT2D eigenvalue weighted by molar-refractivity contribution is -0.118. The molecule has 0 aliphatic carbocycles. The van der Waals surface area contributed by atoms with E-state index in [2.05, 4.69) is 10.3 Å². The number of anilines is 1. The maximum absolute atomic E-state index is 13.0. The van der Waals surface area contributed by atoms with Gasteiger partial charge in [-0.25, -0.2) is 4.39 Å². The van der Waals surface area contributed by atoms with Gasteiger partial charge in [-0.3, -0.25) is 9.78 Å². The summed E-state index contributed by atoms with van der Waals surface area (Å²) in [5.74, 6) is 0.823. The van der Waals surface area contributed by atoms with Crippen molar-refractivity contribution < 1.29 is 18.7 Å². The predicted molar refractivity (Wildman–Crippen MR) is 112 cm³/mol. The number of nitrogens with zero attached hydrogens (tertiary/aromatic N) is 1. The summed E-state index contributed by atoms with van der Waals surface area (Å²) in [5, 5.41) is 3.32. The number of ether oxygens (including phenoxy) is 2. The third kappa shape index (κ3) is 6.37. The van der Waals surface area contributed by atoms with Crippen LogP contribution in [0.2, 0.25) is 5.02 Å². The minimum absolute atomic E-state index is 0.187. The first-order valence-corrected chi connectivity index (χ1v) is 9.99. The largest absolute Gasteiger partial charge is 0.491 e. The van der Waals surface area contributed by atoms with Crippen molar-refractivity contribution in [1.82, 2.24) is 4.98 Å². The second-order valence-electron chi connectivity index (χ2n) is 5.91. The number of nitrogens with one attached hydrogen (secondary N) is 1. The van der Waals surface area contributed by atoms with Crippen molar-refractivity contribution in [1.29, 1.82) is 0 Å². The van der Waals surface area contributed by atoms with Gasteiger partial charge in [-0.15, -0.1) is 11.8 Å². The van der Waals surface area contributed by atoms with Gasteiger partial charge < -0.3 is 14.8 Å². The number of halogens is 2. The SMILES string of the molecule is COc1cnc(CSc2ccc(F)cc2)cc1OCC(=O)Nc1ccc(Cl)cc1. The summed E-state index contributed by atoms with van der Waals surface area (Å²) in [7, 11) is 1.50. The topological polar surface area (TPSA) is 60.5 Å². The standard InChI is InChI=1S/C21H18ClFN2O3S/c1-27-20-11-24-17(13-29-18-8-4-15(23)5-9-18)10-19(20)28-12-21(26)25-16-6-2-14(22)3-7-16/h2-11H,12-13H2,1H3,(H,25,26). The van der Waals surface area contributed by atoms with E-state index >= 15 is 0 Å². The molecule has 5 nitrogen and oxygen atoms in total. The molecule has 0 saturated carbocycles. The third-order valence-electron chi connectivity index (χ3n) is 3.80. The molecule has 150 valence electrons. The Morgan fingerprint density at radius 2 is 1.86 bits per heavy atom. The average Bonchev–Trinajstić information content (AvgIpc) is 2.73. The molecule has 0 fully saturated rings. The fourth-order valence-electron chi connectivity index (χ4n) is 2.37. The predicted octanol–water partition coefficient (Wildman–Crippen LogP) is 5.19. The zero-order valence-electron chi connectivity index (χ0n) is 15.5. The average molecular weight is 433 g/mol. The van der Waals surface area contributed by atoms with Crippen molar-refractivity contribution in [2.75, 3.05) is 19.0 Å². The fourth-order valence-corrected chi connectivity index (χ4v) is 3.30. The Balaban J connectivity index is 1.59. The smallest absolute Gasteiger partial charge is 0.262 e. The van der Waals surface area contributed by atoms with E-state index < -0.39 is 0 Å². The highest BCUT2D eigenvalue weighted by atomic mass is 35.5. The van der Waals surface area contributed by atoms with Gasteiger partial charge in [0, 0.05) is 27.4 Å². The Bertz CT molecular complexity index is 969. The Morgan fingerprint density at radius 1 is 1.14 bits per heavy atom. The molecule has 1 amide bonds. The molecule has 1 aromatic heterocycles. The van der Waals surface area contributed by atoms with E-state index in [-0.39, 0.29) is 18.3 Å². The van der Waals surface area contributed by atoms with Crippen LogP contribution < -0.4 is 14.8 Å². The number of methoxy groups -OCH3 is 1. The van der Waals surface area contributed by atoms with Crippen molar-refractivity contribution in [3.63, 3.8) is 0 Å². The molecule has 8 heteroatoms. The van der Waals surface area contributed by atoms with Crippen molar-refractivity contribution in [2.45, 2.75) is 10.6 Å². The van der Waals surface area contributed by atoms with Crippen molar-refractivity contribution in [3.05, 3.63) is 77.3 Å². The molecule has 3 aromatic rings. The Labute approximate surface area is 177 Å². The van der Waals surface area contributed by atoms with Crippen LogP contribution in [-0.4, -0.2) is 24.6 Å². The molecule has 29 heavy (non-hydrogen) atoms. The highest BCUT2D eigenvalue weighted by molar-refractivity contribution is 7.98. The van der Waals surface area contributed by atoms with Crippen LogP contribution in [0.5, 0.6) is 11.5 Å². The number of hydrogen-bond acceptors (Lipinski definition) is 5. The minimum atomic E-state index is -0.312. The van der Waals surface area contributed by atoms with Crippen molar-refractivity contribution in [3.8, 4) is 11.5 Å². The maximum Gasteiger partial charge on any atom is 0.262 e. The van der Waals surface area contributed by atoms with Gasteiger partial charge in [0.1, 0.15) is 5.82 Å². The van der Waals surface area contributed by atoms with E-state index in [9.17, 15) is 9.18 Å². The molecule has 0 aliphatic heterocycles. The third-order valence-corrected chi connectivity index (χ3v) is 5.09. The minimum Gasteiger partial charge on any atom is -0.491 e. The molecule has 1 N–H and O–H groups in total. The zero-order chi connectivity index (χ0) is 20.6. The quantitative estimate of drug-likeness (QED) is 0.496. The highest BCUT2D eigenvalue weighted by Crippen LogP contribution is 2.29. The number of aromatic nitrogens is 1. The second kappa shape index (κ2) is 10.1. The molecule has 0 atom stereocenters. The van der Waals surface area contributed by atoms with Crippen molar-refractivity contribution >= 4 is 35.0 Å². The van der Waals surface area contributed by atoms with Crippen LogP contribution in [0.3, 0.4) is 0 Å². The van der Waals surface area contributed by atoms with E-state index in [0.29, 0.717) is 28.0 Å². The van der Waals surface area contributed by atoms with E-state index in [1.165, 1.54) is 31.0 Å². The van der Waals surface area contributed by atoms with Gasteiger partial charge in [-0.05, 0) is 48.5 Å². The monoisotopic (exact) mass is 432 g/mol. The van der Waals surface area contributed by atoms with Crippen LogP contribution in [0.4, 0.5) is 10.1 Å². The Kier molecular flexibility index (Phi) is 7.32. The first-order valence-electron chi connectivity index (χ1n) is 8.63. The molecule has 0 radical (unpaired) electrons. The van der Waals surface area contributed by atoms with Gasteiger partial charge in [-0.2, -0.15) is 0 Å². The van der Waals surface area contributed by atoms with E-state index in [0.717, 1.165) is 10.6 Å². The summed E-state index contributed by atoms with van der Waals surface area (Å²) in [6.45, 7) is -0.187. The number of thioether (sulfide) groups is 1. The number of carbonyl (C=O) groups is 1. The summed E-state index contributed by atoms with van der Waals surface area (Å²) in [5.41, 5.74) is 1.37. The van der Waals surface area contributed by atoms with Crippen LogP contribution >= 0.6 is 23.4 Å². The molecule has 0 aliphatic rings. The number of rotatable bonds is 8. The van der Waals surface area contributed by atoms with Crippen LogP contribution in [-0.2, 0) is 10.5 Å². The lowest BCUT2D eigenvalue weighted by Crippen LogP contribution is -2.20. The van der Waals surface area contributed by atoms with E-state index in [4.69, 9.17) is 21.1 Å². The molecule has 0 spiro atoms. The summed E-state index contributed by atoms with van der Waals surface area (Å²) in [6, 6.07) is 14.8. The van der Waals surface area contributed by atoms with Gasteiger partial charge in [0.25, 0.3) is 5.91 Å². The molecule has 0 saturated heterocycles. The van der Waals surface area contributed by atoms with Crippen LogP contribution in [0.25, 0.3) is 0 Å². The molecule has 3 rings (SSSR count). The van der Waals surface area contributed by atoms with Gasteiger partial charge in [-0.1, -0.05) is 11.6 Å². The summed E-state index contributed by atoms with van der Waals surface area (Å²) in [4.78, 5) is 17.4. The summed E-state index contributed by atoms with van der Waals surface area (Å²) < 4.78 is 23.9. The molecule has 1 heterocycles. The zero-order valence-corrected chi connectivity index (χ0v) is 17.1. The van der Waals surface area contributed by atoms with E-state index in [1.54, 1.807) is 48.7 Å². The molecule has 0 bridgehead atoms. The van der Waals surface area contributed by atoms with Crippen molar-refractivity contribution in [2.24, 2.45) is 0 Å². The number of benzene rings is 2. The van der Waals surface area contributed by atoms with Crippen LogP contribution in [0, 0.1) is 5.82 Å². The van der Waals surface area contributed by atoms with Gasteiger partial charge in [0.15, 0.2) is 18.1 Å². The first kappa shape index (κ1) is 21.0.